The second-order valence-corrected chi connectivity index (χ2v) is 4.29. The van der Waals surface area contributed by atoms with Gasteiger partial charge in [-0.25, -0.2) is 0 Å². The molecule has 0 bridgehead atoms. The van der Waals surface area contributed by atoms with E-state index in [2.05, 4.69) is 0 Å². The van der Waals surface area contributed by atoms with Crippen molar-refractivity contribution in [1.29, 1.82) is 0 Å². The Hall–Kier alpha value is -0.320. The third kappa shape index (κ3) is 3.61. The molecular weight excluding hydrogens is 249 g/mol. The third-order valence-corrected chi connectivity index (χ3v) is 2.88. The van der Waals surface area contributed by atoms with Crippen LogP contribution >= 0.6 is 23.2 Å². The van der Waals surface area contributed by atoms with Gasteiger partial charge in [0.2, 0.25) is 0 Å². The molecule has 1 rings (SSSR count). The number of nitrogens with two attached hydrogens (primary N) is 1. The summed E-state index contributed by atoms with van der Waals surface area (Å²) >= 11 is 11.9. The van der Waals surface area contributed by atoms with Gasteiger partial charge >= 0.3 is 0 Å². The van der Waals surface area contributed by atoms with Crippen LogP contribution in [0.4, 0.5) is 0 Å². The van der Waals surface area contributed by atoms with Crippen LogP contribution in [0.1, 0.15) is 5.56 Å². The van der Waals surface area contributed by atoms with E-state index < -0.39 is 6.29 Å². The number of rotatable bonds is 5. The SMILES string of the molecule is COC(OC)C(N)Cc1cc(Cl)ccc1Cl. The molecule has 0 aliphatic carbocycles. The molecule has 16 heavy (non-hydrogen) atoms. The van der Waals surface area contributed by atoms with Crippen LogP contribution in [-0.4, -0.2) is 26.6 Å². The van der Waals surface area contributed by atoms with Crippen LogP contribution < -0.4 is 5.73 Å². The van der Waals surface area contributed by atoms with Crippen molar-refractivity contribution < 1.29 is 9.47 Å². The third-order valence-electron chi connectivity index (χ3n) is 2.28. The minimum absolute atomic E-state index is 0.286. The van der Waals surface area contributed by atoms with Gasteiger partial charge in [0.1, 0.15) is 0 Å². The molecule has 5 heteroatoms. The van der Waals surface area contributed by atoms with Gasteiger partial charge in [0.25, 0.3) is 0 Å². The van der Waals surface area contributed by atoms with Crippen molar-refractivity contribution >= 4 is 23.2 Å². The zero-order valence-electron chi connectivity index (χ0n) is 9.24. The van der Waals surface area contributed by atoms with Crippen LogP contribution in [0.5, 0.6) is 0 Å². The largest absolute Gasteiger partial charge is 0.354 e. The van der Waals surface area contributed by atoms with E-state index in [4.69, 9.17) is 38.4 Å². The van der Waals surface area contributed by atoms with E-state index in [0.29, 0.717) is 16.5 Å². The van der Waals surface area contributed by atoms with Crippen molar-refractivity contribution in [3.63, 3.8) is 0 Å². The number of hydrogen-bond donors (Lipinski definition) is 1. The van der Waals surface area contributed by atoms with Crippen LogP contribution in [0.15, 0.2) is 18.2 Å². The average molecular weight is 264 g/mol. The summed E-state index contributed by atoms with van der Waals surface area (Å²) in [5.41, 5.74) is 6.83. The monoisotopic (exact) mass is 263 g/mol. The fraction of sp³-hybridized carbons (Fsp3) is 0.455. The minimum Gasteiger partial charge on any atom is -0.354 e. The Balaban J connectivity index is 2.75. The summed E-state index contributed by atoms with van der Waals surface area (Å²) in [6.45, 7) is 0. The van der Waals surface area contributed by atoms with Crippen LogP contribution in [0.25, 0.3) is 0 Å². The van der Waals surface area contributed by atoms with E-state index in [1.807, 2.05) is 0 Å². The first-order valence-corrected chi connectivity index (χ1v) is 5.59. The van der Waals surface area contributed by atoms with Crippen molar-refractivity contribution in [2.45, 2.75) is 18.8 Å². The lowest BCUT2D eigenvalue weighted by molar-refractivity contribution is -0.115. The van der Waals surface area contributed by atoms with E-state index in [-0.39, 0.29) is 6.04 Å². The second-order valence-electron chi connectivity index (χ2n) is 3.44. The smallest absolute Gasteiger partial charge is 0.172 e. The van der Waals surface area contributed by atoms with Crippen LogP contribution in [0.3, 0.4) is 0 Å². The van der Waals surface area contributed by atoms with Crippen LogP contribution in [0.2, 0.25) is 10.0 Å². The number of halogens is 2. The molecule has 0 aliphatic rings. The molecule has 1 unspecified atom stereocenters. The topological polar surface area (TPSA) is 44.5 Å². The molecule has 0 amide bonds. The van der Waals surface area contributed by atoms with Gasteiger partial charge < -0.3 is 15.2 Å². The van der Waals surface area contributed by atoms with Crippen LogP contribution in [0, 0.1) is 0 Å². The first kappa shape index (κ1) is 13.7. The zero-order valence-corrected chi connectivity index (χ0v) is 10.8. The summed E-state index contributed by atoms with van der Waals surface area (Å²) in [6.07, 6.45) is 0.0983. The molecule has 0 saturated heterocycles. The second kappa shape index (κ2) is 6.42. The number of hydrogen-bond acceptors (Lipinski definition) is 3. The molecule has 0 aliphatic heterocycles. The Bertz CT molecular complexity index is 343. The molecule has 3 nitrogen and oxygen atoms in total. The van der Waals surface area contributed by atoms with Crippen molar-refractivity contribution in [3.05, 3.63) is 33.8 Å². The highest BCUT2D eigenvalue weighted by Crippen LogP contribution is 2.22. The molecule has 1 atom stereocenters. The summed E-state index contributed by atoms with van der Waals surface area (Å²) in [4.78, 5) is 0. The van der Waals surface area contributed by atoms with E-state index in [1.165, 1.54) is 0 Å². The molecule has 0 radical (unpaired) electrons. The maximum Gasteiger partial charge on any atom is 0.172 e. The lowest BCUT2D eigenvalue weighted by Crippen LogP contribution is -2.39. The molecule has 0 saturated carbocycles. The zero-order chi connectivity index (χ0) is 12.1. The minimum atomic E-state index is -0.449. The normalized spacial score (nSPS) is 13.1. The fourth-order valence-corrected chi connectivity index (χ4v) is 1.89. The average Bonchev–Trinajstić information content (AvgIpc) is 2.25. The number of benzene rings is 1. The molecular formula is C11H15Cl2NO2. The van der Waals surface area contributed by atoms with Crippen molar-refractivity contribution in [2.24, 2.45) is 5.73 Å². The summed E-state index contributed by atoms with van der Waals surface area (Å²) in [7, 11) is 3.10. The Morgan fingerprint density at radius 3 is 2.44 bits per heavy atom. The Morgan fingerprint density at radius 1 is 1.25 bits per heavy atom. The predicted molar refractivity (Wildman–Crippen MR) is 65.9 cm³/mol. The Labute approximate surface area is 105 Å². The highest BCUT2D eigenvalue weighted by molar-refractivity contribution is 6.33. The molecule has 90 valence electrons. The van der Waals surface area contributed by atoms with Gasteiger partial charge in [0.05, 0.1) is 6.04 Å². The van der Waals surface area contributed by atoms with E-state index >= 15 is 0 Å². The van der Waals surface area contributed by atoms with Gasteiger partial charge in [-0.05, 0) is 30.2 Å². The van der Waals surface area contributed by atoms with E-state index in [9.17, 15) is 0 Å². The molecule has 2 N–H and O–H groups in total. The van der Waals surface area contributed by atoms with Gasteiger partial charge in [-0.1, -0.05) is 23.2 Å². The van der Waals surface area contributed by atoms with Crippen molar-refractivity contribution in [3.8, 4) is 0 Å². The molecule has 0 heterocycles. The summed E-state index contributed by atoms with van der Waals surface area (Å²) in [5, 5.41) is 1.28. The highest BCUT2D eigenvalue weighted by Gasteiger charge is 2.18. The molecule has 1 aromatic carbocycles. The van der Waals surface area contributed by atoms with Gasteiger partial charge in [0, 0.05) is 24.3 Å². The lowest BCUT2D eigenvalue weighted by Gasteiger charge is -2.21. The molecule has 1 aromatic rings. The predicted octanol–water partition coefficient (Wildman–Crippen LogP) is 2.48. The highest BCUT2D eigenvalue weighted by atomic mass is 35.5. The maximum atomic E-state index is 6.04. The summed E-state index contributed by atoms with van der Waals surface area (Å²) < 4.78 is 10.2. The Morgan fingerprint density at radius 2 is 1.88 bits per heavy atom. The maximum absolute atomic E-state index is 6.04. The van der Waals surface area contributed by atoms with E-state index in [0.717, 1.165) is 5.56 Å². The summed E-state index contributed by atoms with van der Waals surface area (Å²) in [6, 6.07) is 5.00. The van der Waals surface area contributed by atoms with E-state index in [1.54, 1.807) is 32.4 Å². The lowest BCUT2D eigenvalue weighted by atomic mass is 10.1. The molecule has 0 fully saturated rings. The van der Waals surface area contributed by atoms with Crippen molar-refractivity contribution in [2.75, 3.05) is 14.2 Å². The number of methoxy groups -OCH3 is 2. The molecule has 0 aromatic heterocycles. The first-order chi connectivity index (χ1) is 7.58. The van der Waals surface area contributed by atoms with Gasteiger partial charge in [-0.15, -0.1) is 0 Å². The molecule has 0 spiro atoms. The van der Waals surface area contributed by atoms with Gasteiger partial charge in [0.15, 0.2) is 6.29 Å². The Kier molecular flexibility index (Phi) is 5.52. The van der Waals surface area contributed by atoms with Gasteiger partial charge in [-0.2, -0.15) is 0 Å². The first-order valence-electron chi connectivity index (χ1n) is 4.83. The van der Waals surface area contributed by atoms with Crippen molar-refractivity contribution in [1.82, 2.24) is 0 Å². The standard InChI is InChI=1S/C11H15Cl2NO2/c1-15-11(16-2)10(14)6-7-5-8(12)3-4-9(7)13/h3-5,10-11H,6,14H2,1-2H3. The summed E-state index contributed by atoms with van der Waals surface area (Å²) in [5.74, 6) is 0. The van der Waals surface area contributed by atoms with Crippen LogP contribution in [-0.2, 0) is 15.9 Å². The quantitative estimate of drug-likeness (QED) is 0.831. The number of ether oxygens (including phenoxy) is 2. The van der Waals surface area contributed by atoms with Gasteiger partial charge in [-0.3, -0.25) is 0 Å². The fourth-order valence-electron chi connectivity index (χ4n) is 1.50.